The predicted molar refractivity (Wildman–Crippen MR) is 76.8 cm³/mol. The second-order valence-electron chi connectivity index (χ2n) is 5.85. The lowest BCUT2D eigenvalue weighted by atomic mass is 10.0. The molecule has 3 nitrogen and oxygen atoms in total. The van der Waals surface area contributed by atoms with E-state index < -0.39 is 0 Å². The first-order valence-electron chi connectivity index (χ1n) is 7.34. The van der Waals surface area contributed by atoms with Crippen LogP contribution in [-0.4, -0.2) is 13.0 Å². The molecule has 3 heteroatoms. The van der Waals surface area contributed by atoms with E-state index in [-0.39, 0.29) is 5.91 Å². The Kier molecular flexibility index (Phi) is 3.56. The van der Waals surface area contributed by atoms with E-state index in [4.69, 9.17) is 0 Å². The van der Waals surface area contributed by atoms with Crippen LogP contribution in [0.3, 0.4) is 0 Å². The summed E-state index contributed by atoms with van der Waals surface area (Å²) >= 11 is 0. The first-order valence-corrected chi connectivity index (χ1v) is 7.34. The highest BCUT2D eigenvalue weighted by Gasteiger charge is 2.54. The molecule has 19 heavy (non-hydrogen) atoms. The van der Waals surface area contributed by atoms with Crippen molar-refractivity contribution < 1.29 is 4.79 Å². The van der Waals surface area contributed by atoms with Gasteiger partial charge >= 0.3 is 0 Å². The van der Waals surface area contributed by atoms with E-state index in [1.807, 2.05) is 19.2 Å². The molecule has 0 aromatic heterocycles. The molecule has 0 spiro atoms. The number of nitrogens with one attached hydrogen (secondary N) is 2. The van der Waals surface area contributed by atoms with Crippen molar-refractivity contribution >= 4 is 11.6 Å². The molecule has 2 N–H and O–H groups in total. The van der Waals surface area contributed by atoms with Crippen molar-refractivity contribution in [2.24, 2.45) is 17.8 Å². The van der Waals surface area contributed by atoms with Gasteiger partial charge in [-0.25, -0.2) is 0 Å². The van der Waals surface area contributed by atoms with Gasteiger partial charge in [0.2, 0.25) is 5.91 Å². The number of anilines is 1. The smallest absolute Gasteiger partial charge is 0.228 e. The molecule has 2 fully saturated rings. The first kappa shape index (κ1) is 12.7. The normalized spacial score (nSPS) is 28.6. The summed E-state index contributed by atoms with van der Waals surface area (Å²) in [6.45, 7) is 0.862. The SMILES string of the molecule is CNCc1ccc(NC(=O)C2C3CCCCC32)cc1. The average molecular weight is 258 g/mol. The van der Waals surface area contributed by atoms with Gasteiger partial charge in [-0.1, -0.05) is 25.0 Å². The van der Waals surface area contributed by atoms with Gasteiger partial charge in [0.25, 0.3) is 0 Å². The molecule has 2 saturated carbocycles. The maximum Gasteiger partial charge on any atom is 0.228 e. The van der Waals surface area contributed by atoms with Gasteiger partial charge in [0.15, 0.2) is 0 Å². The highest BCUT2D eigenvalue weighted by atomic mass is 16.2. The largest absolute Gasteiger partial charge is 0.326 e. The van der Waals surface area contributed by atoms with Crippen molar-refractivity contribution in [1.29, 1.82) is 0 Å². The van der Waals surface area contributed by atoms with Crippen molar-refractivity contribution in [2.45, 2.75) is 32.2 Å². The van der Waals surface area contributed by atoms with Gasteiger partial charge in [0, 0.05) is 18.2 Å². The van der Waals surface area contributed by atoms with Crippen molar-refractivity contribution in [3.05, 3.63) is 29.8 Å². The summed E-state index contributed by atoms with van der Waals surface area (Å²) in [6.07, 6.45) is 5.13. The van der Waals surface area contributed by atoms with Gasteiger partial charge < -0.3 is 10.6 Å². The number of carbonyl (C=O) groups excluding carboxylic acids is 1. The molecular weight excluding hydrogens is 236 g/mol. The van der Waals surface area contributed by atoms with Crippen LogP contribution in [-0.2, 0) is 11.3 Å². The topological polar surface area (TPSA) is 41.1 Å². The summed E-state index contributed by atoms with van der Waals surface area (Å²) in [4.78, 5) is 12.2. The van der Waals surface area contributed by atoms with Crippen LogP contribution in [0.4, 0.5) is 5.69 Å². The second kappa shape index (κ2) is 5.33. The molecule has 0 aliphatic heterocycles. The quantitative estimate of drug-likeness (QED) is 0.872. The van der Waals surface area contributed by atoms with Gasteiger partial charge in [-0.2, -0.15) is 0 Å². The maximum atomic E-state index is 12.2. The molecule has 102 valence electrons. The van der Waals surface area contributed by atoms with Crippen LogP contribution in [0.5, 0.6) is 0 Å². The van der Waals surface area contributed by atoms with E-state index in [0.29, 0.717) is 17.8 Å². The van der Waals surface area contributed by atoms with E-state index in [1.165, 1.54) is 31.2 Å². The van der Waals surface area contributed by atoms with E-state index in [9.17, 15) is 4.79 Å². The van der Waals surface area contributed by atoms with Crippen LogP contribution in [0.1, 0.15) is 31.2 Å². The Balaban J connectivity index is 1.57. The van der Waals surface area contributed by atoms with Crippen molar-refractivity contribution in [3.8, 4) is 0 Å². The summed E-state index contributed by atoms with van der Waals surface area (Å²) in [7, 11) is 1.94. The van der Waals surface area contributed by atoms with E-state index in [1.54, 1.807) is 0 Å². The first-order chi connectivity index (χ1) is 9.29. The molecule has 2 atom stereocenters. The average Bonchev–Trinajstić information content (AvgIpc) is 3.15. The van der Waals surface area contributed by atoms with Gasteiger partial charge in [-0.15, -0.1) is 0 Å². The number of hydrogen-bond donors (Lipinski definition) is 2. The standard InChI is InChI=1S/C16H22N2O/c1-17-10-11-6-8-12(9-7-11)18-16(19)15-13-4-2-3-5-14(13)15/h6-9,13-15,17H,2-5,10H2,1H3,(H,18,19). The maximum absolute atomic E-state index is 12.2. The molecule has 3 rings (SSSR count). The third-order valence-corrected chi connectivity index (χ3v) is 4.56. The Bertz CT molecular complexity index is 442. The minimum absolute atomic E-state index is 0.235. The molecule has 1 aromatic rings. The van der Waals surface area contributed by atoms with E-state index in [0.717, 1.165) is 12.2 Å². The lowest BCUT2D eigenvalue weighted by Gasteiger charge is -2.06. The number of fused-ring (bicyclic) bond motifs is 1. The zero-order valence-corrected chi connectivity index (χ0v) is 11.5. The Morgan fingerprint density at radius 2 is 1.79 bits per heavy atom. The number of rotatable bonds is 4. The van der Waals surface area contributed by atoms with Crippen LogP contribution >= 0.6 is 0 Å². The summed E-state index contributed by atoms with van der Waals surface area (Å²) in [6, 6.07) is 8.12. The van der Waals surface area contributed by atoms with E-state index >= 15 is 0 Å². The summed E-state index contributed by atoms with van der Waals surface area (Å²) in [5, 5.41) is 6.19. The van der Waals surface area contributed by atoms with Crippen molar-refractivity contribution in [3.63, 3.8) is 0 Å². The molecule has 2 aliphatic rings. The lowest BCUT2D eigenvalue weighted by molar-refractivity contribution is -0.117. The molecule has 0 bridgehead atoms. The fraction of sp³-hybridized carbons (Fsp3) is 0.562. The van der Waals surface area contributed by atoms with Crippen LogP contribution in [0.2, 0.25) is 0 Å². The third-order valence-electron chi connectivity index (χ3n) is 4.56. The van der Waals surface area contributed by atoms with Gasteiger partial charge in [-0.05, 0) is 49.4 Å². The minimum Gasteiger partial charge on any atom is -0.326 e. The zero-order chi connectivity index (χ0) is 13.2. The molecule has 0 radical (unpaired) electrons. The zero-order valence-electron chi connectivity index (χ0n) is 11.5. The minimum atomic E-state index is 0.235. The van der Waals surface area contributed by atoms with E-state index in [2.05, 4.69) is 22.8 Å². The summed E-state index contributed by atoms with van der Waals surface area (Å²) in [5.74, 6) is 1.88. The van der Waals surface area contributed by atoms with Crippen LogP contribution in [0.25, 0.3) is 0 Å². The van der Waals surface area contributed by atoms with Crippen molar-refractivity contribution in [2.75, 3.05) is 12.4 Å². The molecular formula is C16H22N2O. The number of amides is 1. The number of hydrogen-bond acceptors (Lipinski definition) is 2. The summed E-state index contributed by atoms with van der Waals surface area (Å²) in [5.41, 5.74) is 2.16. The second-order valence-corrected chi connectivity index (χ2v) is 5.85. The number of benzene rings is 1. The van der Waals surface area contributed by atoms with Gasteiger partial charge in [0.1, 0.15) is 0 Å². The van der Waals surface area contributed by atoms with Crippen LogP contribution < -0.4 is 10.6 Å². The highest BCUT2D eigenvalue weighted by molar-refractivity contribution is 5.94. The van der Waals surface area contributed by atoms with Crippen molar-refractivity contribution in [1.82, 2.24) is 5.32 Å². The monoisotopic (exact) mass is 258 g/mol. The molecule has 1 aromatic carbocycles. The molecule has 0 heterocycles. The van der Waals surface area contributed by atoms with Gasteiger partial charge in [-0.3, -0.25) is 4.79 Å². The molecule has 2 unspecified atom stereocenters. The predicted octanol–water partition coefficient (Wildman–Crippen LogP) is 2.78. The Labute approximate surface area is 114 Å². The fourth-order valence-corrected chi connectivity index (χ4v) is 3.52. The highest BCUT2D eigenvalue weighted by Crippen LogP contribution is 2.55. The molecule has 2 aliphatic carbocycles. The Morgan fingerprint density at radius 3 is 2.37 bits per heavy atom. The molecule has 0 saturated heterocycles. The molecule has 1 amide bonds. The van der Waals surface area contributed by atoms with Crippen LogP contribution in [0.15, 0.2) is 24.3 Å². The lowest BCUT2D eigenvalue weighted by Crippen LogP contribution is -2.15. The van der Waals surface area contributed by atoms with Gasteiger partial charge in [0.05, 0.1) is 0 Å². The summed E-state index contributed by atoms with van der Waals surface area (Å²) < 4.78 is 0. The van der Waals surface area contributed by atoms with Crippen LogP contribution in [0, 0.1) is 17.8 Å². The Hall–Kier alpha value is -1.35. The third kappa shape index (κ3) is 2.66. The number of carbonyl (C=O) groups is 1. The Morgan fingerprint density at radius 1 is 1.16 bits per heavy atom. The fourth-order valence-electron chi connectivity index (χ4n) is 3.52.